The molecule has 0 spiro atoms. The average Bonchev–Trinajstić information content (AvgIpc) is 3.21. The maximum absolute atomic E-state index is 15.4. The maximum atomic E-state index is 15.4. The van der Waals surface area contributed by atoms with Gasteiger partial charge in [0.05, 0.1) is 33.4 Å². The summed E-state index contributed by atoms with van der Waals surface area (Å²) >= 11 is 0. The molecular weight excluding hydrogens is 683 g/mol. The Balaban J connectivity index is 1.33. The molecule has 0 aromatic heterocycles. The van der Waals surface area contributed by atoms with Crippen LogP contribution in [0.1, 0.15) is 33.4 Å². The predicted molar refractivity (Wildman–Crippen MR) is 194 cm³/mol. The fourth-order valence-electron chi connectivity index (χ4n) is 5.36. The van der Waals surface area contributed by atoms with Crippen LogP contribution < -0.4 is 30.1 Å². The van der Waals surface area contributed by atoms with E-state index in [1.165, 1.54) is 36.4 Å². The van der Waals surface area contributed by atoms with E-state index < -0.39 is 7.14 Å². The maximum Gasteiger partial charge on any atom is 0.171 e. The van der Waals surface area contributed by atoms with Gasteiger partial charge in [0.15, 0.2) is 7.14 Å². The molecule has 6 rings (SSSR count). The number of hydrogen-bond acceptors (Lipinski definition) is 10. The second-order valence-corrected chi connectivity index (χ2v) is 14.0. The molecule has 0 N–H and O–H groups in total. The number of rotatable bonds is 9. The fourth-order valence-corrected chi connectivity index (χ4v) is 7.96. The van der Waals surface area contributed by atoms with E-state index in [1.54, 1.807) is 91.0 Å². The van der Waals surface area contributed by atoms with Crippen molar-refractivity contribution in [1.29, 1.82) is 31.6 Å². The molecule has 0 aliphatic rings. The summed E-state index contributed by atoms with van der Waals surface area (Å²) in [6.07, 6.45) is 0. The van der Waals surface area contributed by atoms with Crippen molar-refractivity contribution in [2.24, 2.45) is 0 Å². The van der Waals surface area contributed by atoms with Crippen LogP contribution in [0.3, 0.4) is 0 Å². The Morgan fingerprint density at radius 1 is 0.321 bits per heavy atom. The van der Waals surface area contributed by atoms with Crippen LogP contribution in [0.5, 0.6) is 34.5 Å². The lowest BCUT2D eigenvalue weighted by Gasteiger charge is -2.21. The van der Waals surface area contributed by atoms with Crippen molar-refractivity contribution in [3.63, 3.8) is 0 Å². The van der Waals surface area contributed by atoms with Gasteiger partial charge in [-0.05, 0) is 127 Å². The second kappa shape index (κ2) is 15.2. The van der Waals surface area contributed by atoms with Gasteiger partial charge in [-0.1, -0.05) is 0 Å². The minimum absolute atomic E-state index is 0.181. The third-order valence-corrected chi connectivity index (χ3v) is 11.1. The van der Waals surface area contributed by atoms with E-state index in [9.17, 15) is 31.6 Å². The fraction of sp³-hybridized carbons (Fsp3) is 0. The second-order valence-electron chi connectivity index (χ2n) is 11.2. The first-order valence-electron chi connectivity index (χ1n) is 15.6. The summed E-state index contributed by atoms with van der Waals surface area (Å²) in [5.74, 6) is 2.32. The molecule has 0 amide bonds. The van der Waals surface area contributed by atoms with Crippen molar-refractivity contribution < 1.29 is 18.8 Å². The van der Waals surface area contributed by atoms with Gasteiger partial charge in [-0.2, -0.15) is 31.6 Å². The number of ether oxygens (including phenoxy) is 3. The van der Waals surface area contributed by atoms with Crippen LogP contribution in [-0.2, 0) is 4.57 Å². The summed E-state index contributed by atoms with van der Waals surface area (Å²) in [5.41, 5.74) is 1.24. The first kappa shape index (κ1) is 34.7. The third kappa shape index (κ3) is 7.28. The summed E-state index contributed by atoms with van der Waals surface area (Å²) in [4.78, 5) is 0. The van der Waals surface area contributed by atoms with E-state index in [1.807, 2.05) is 36.4 Å². The Hall–Kier alpha value is -8.11. The molecule has 0 atom stereocenters. The van der Waals surface area contributed by atoms with Crippen molar-refractivity contribution in [2.45, 2.75) is 0 Å². The van der Waals surface area contributed by atoms with E-state index in [4.69, 9.17) is 14.2 Å². The lowest BCUT2D eigenvalue weighted by Crippen LogP contribution is -2.25. The molecule has 0 bridgehead atoms. The number of hydrogen-bond donors (Lipinski definition) is 0. The van der Waals surface area contributed by atoms with Crippen molar-refractivity contribution in [3.8, 4) is 70.9 Å². The van der Waals surface area contributed by atoms with E-state index in [2.05, 4.69) is 0 Å². The van der Waals surface area contributed by atoms with Gasteiger partial charge < -0.3 is 18.8 Å². The molecule has 10 nitrogen and oxygen atoms in total. The number of benzene rings is 6. The van der Waals surface area contributed by atoms with Crippen LogP contribution in [0.2, 0.25) is 0 Å². The van der Waals surface area contributed by atoms with Gasteiger partial charge in [0.2, 0.25) is 0 Å². The van der Waals surface area contributed by atoms with E-state index in [-0.39, 0.29) is 33.4 Å². The normalized spacial score (nSPS) is 10.2. The van der Waals surface area contributed by atoms with Gasteiger partial charge >= 0.3 is 0 Å². The summed E-state index contributed by atoms with van der Waals surface area (Å²) in [6, 6.07) is 45.7. The van der Waals surface area contributed by atoms with Gasteiger partial charge in [0.25, 0.3) is 0 Å². The Kier molecular flexibility index (Phi) is 9.96. The first-order valence-corrected chi connectivity index (χ1v) is 17.3. The lowest BCUT2D eigenvalue weighted by atomic mass is 10.1. The molecule has 0 fully saturated rings. The van der Waals surface area contributed by atoms with Crippen LogP contribution in [0.15, 0.2) is 127 Å². The molecule has 0 radical (unpaired) electrons. The molecule has 0 saturated heterocycles. The highest BCUT2D eigenvalue weighted by Gasteiger charge is 2.30. The van der Waals surface area contributed by atoms with Crippen LogP contribution in [-0.4, -0.2) is 0 Å². The van der Waals surface area contributed by atoms with Crippen molar-refractivity contribution in [1.82, 2.24) is 0 Å². The molecule has 11 heteroatoms. The Morgan fingerprint density at radius 3 is 0.774 bits per heavy atom. The Morgan fingerprint density at radius 2 is 0.547 bits per heavy atom. The summed E-state index contributed by atoms with van der Waals surface area (Å²) in [7, 11) is -3.56. The molecule has 6 aromatic carbocycles. The van der Waals surface area contributed by atoms with Crippen molar-refractivity contribution >= 4 is 23.1 Å². The molecule has 0 unspecified atom stereocenters. The highest BCUT2D eigenvalue weighted by molar-refractivity contribution is 7.85. The smallest absolute Gasteiger partial charge is 0.171 e. The minimum Gasteiger partial charge on any atom is -0.457 e. The zero-order chi connectivity index (χ0) is 37.4. The lowest BCUT2D eigenvalue weighted by molar-refractivity contribution is 0.482. The third-order valence-electron chi connectivity index (χ3n) is 8.00. The van der Waals surface area contributed by atoms with Gasteiger partial charge in [-0.25, -0.2) is 0 Å². The molecule has 53 heavy (non-hydrogen) atoms. The van der Waals surface area contributed by atoms with Gasteiger partial charge in [-0.3, -0.25) is 0 Å². The Labute approximate surface area is 304 Å². The summed E-state index contributed by atoms with van der Waals surface area (Å²) in [6.45, 7) is 0. The van der Waals surface area contributed by atoms with Crippen molar-refractivity contribution in [3.05, 3.63) is 161 Å². The number of nitriles is 6. The van der Waals surface area contributed by atoms with E-state index >= 15 is 4.57 Å². The molecule has 0 aliphatic heterocycles. The minimum atomic E-state index is -3.56. The monoisotopic (exact) mass is 704 g/mol. The summed E-state index contributed by atoms with van der Waals surface area (Å²) < 4.78 is 33.2. The van der Waals surface area contributed by atoms with Crippen molar-refractivity contribution in [2.75, 3.05) is 0 Å². The highest BCUT2D eigenvalue weighted by Crippen LogP contribution is 2.44. The zero-order valence-electron chi connectivity index (χ0n) is 27.4. The molecule has 6 aromatic rings. The van der Waals surface area contributed by atoms with Gasteiger partial charge in [0, 0.05) is 15.9 Å². The van der Waals surface area contributed by atoms with Gasteiger partial charge in [0.1, 0.15) is 70.9 Å². The van der Waals surface area contributed by atoms with Crippen LogP contribution >= 0.6 is 7.14 Å². The summed E-state index contributed by atoms with van der Waals surface area (Å²) in [5, 5.41) is 57.4. The molecule has 0 aliphatic carbocycles. The predicted octanol–water partition coefficient (Wildman–Crippen LogP) is 7.93. The first-order chi connectivity index (χ1) is 25.8. The van der Waals surface area contributed by atoms with E-state index in [0.717, 1.165) is 0 Å². The topological polar surface area (TPSA) is 187 Å². The average molecular weight is 705 g/mol. The van der Waals surface area contributed by atoms with Crippen LogP contribution in [0.4, 0.5) is 0 Å². The SMILES string of the molecule is N#Cc1ccc(Oc2ccc(P(=O)(c3ccc(Oc4ccc(C#N)c(C#N)c4)cc3)c3ccc(Oc4ccc(C#N)c(C#N)c4)cc3)cc2)cc1C#N. The zero-order valence-corrected chi connectivity index (χ0v) is 28.3. The van der Waals surface area contributed by atoms with Crippen LogP contribution in [0, 0.1) is 68.0 Å². The quantitative estimate of drug-likeness (QED) is 0.134. The van der Waals surface area contributed by atoms with Gasteiger partial charge in [-0.15, -0.1) is 0 Å². The van der Waals surface area contributed by atoms with E-state index in [0.29, 0.717) is 50.4 Å². The highest BCUT2D eigenvalue weighted by atomic mass is 31.2. The largest absolute Gasteiger partial charge is 0.457 e. The molecule has 0 heterocycles. The van der Waals surface area contributed by atoms with Crippen LogP contribution in [0.25, 0.3) is 0 Å². The molecular formula is C42H21N6O4P. The molecule has 248 valence electrons. The number of nitrogens with zero attached hydrogens (tertiary/aromatic N) is 6. The Bertz CT molecular complexity index is 2390. The molecule has 0 saturated carbocycles. The standard InChI is InChI=1S/C42H21N6O4P/c43-22-28-1-4-37(19-31(28)25-46)50-34-7-13-40(14-8-34)53(49,41-15-9-35(10-16-41)51-38-5-2-29(23-44)32(20-38)26-47)42-17-11-36(12-18-42)52-39-6-3-30(24-45)33(21-39)27-48/h1-21H.